The zero-order chi connectivity index (χ0) is 15.6. The third-order valence-electron chi connectivity index (χ3n) is 2.92. The van der Waals surface area contributed by atoms with Crippen molar-refractivity contribution in [3.8, 4) is 5.75 Å². The van der Waals surface area contributed by atoms with Crippen molar-refractivity contribution in [2.45, 2.75) is 6.92 Å². The van der Waals surface area contributed by atoms with Crippen LogP contribution in [0.5, 0.6) is 5.75 Å². The molecule has 0 aliphatic rings. The fraction of sp³-hybridized carbons (Fsp3) is 0.0667. The molecule has 0 bridgehead atoms. The van der Waals surface area contributed by atoms with Gasteiger partial charge < -0.3 is 15.5 Å². The van der Waals surface area contributed by atoms with E-state index in [9.17, 15) is 14.7 Å². The maximum atomic E-state index is 12.2. The van der Waals surface area contributed by atoms with Crippen molar-refractivity contribution in [3.05, 3.63) is 56.7 Å². The van der Waals surface area contributed by atoms with Crippen LogP contribution in [0.3, 0.4) is 0 Å². The van der Waals surface area contributed by atoms with E-state index in [1.165, 1.54) is 18.2 Å². The molecule has 2 aromatic rings. The van der Waals surface area contributed by atoms with Gasteiger partial charge in [0, 0.05) is 9.26 Å². The van der Waals surface area contributed by atoms with Gasteiger partial charge in [-0.3, -0.25) is 4.79 Å². The van der Waals surface area contributed by atoms with Crippen LogP contribution in [0.2, 0.25) is 0 Å². The van der Waals surface area contributed by atoms with Gasteiger partial charge in [-0.15, -0.1) is 0 Å². The molecule has 0 unspecified atom stereocenters. The Morgan fingerprint density at radius 3 is 2.52 bits per heavy atom. The second-order valence-corrected chi connectivity index (χ2v) is 5.51. The molecule has 6 heteroatoms. The Morgan fingerprint density at radius 1 is 1.14 bits per heavy atom. The maximum absolute atomic E-state index is 12.2. The smallest absolute Gasteiger partial charge is 0.339 e. The van der Waals surface area contributed by atoms with Crippen molar-refractivity contribution in [2.75, 3.05) is 5.32 Å². The highest BCUT2D eigenvalue weighted by atomic mass is 127. The second-order valence-electron chi connectivity index (χ2n) is 4.43. The van der Waals surface area contributed by atoms with Crippen molar-refractivity contribution in [2.24, 2.45) is 0 Å². The largest absolute Gasteiger partial charge is 0.507 e. The van der Waals surface area contributed by atoms with Crippen LogP contribution in [0.15, 0.2) is 36.4 Å². The van der Waals surface area contributed by atoms with E-state index >= 15 is 0 Å². The predicted molar refractivity (Wildman–Crippen MR) is 86.9 cm³/mol. The van der Waals surface area contributed by atoms with Crippen LogP contribution in [0.4, 0.5) is 5.69 Å². The van der Waals surface area contributed by atoms with Gasteiger partial charge in [0.1, 0.15) is 11.3 Å². The summed E-state index contributed by atoms with van der Waals surface area (Å²) in [4.78, 5) is 23.2. The molecule has 0 saturated carbocycles. The summed E-state index contributed by atoms with van der Waals surface area (Å²) >= 11 is 2.09. The first-order chi connectivity index (χ1) is 9.90. The summed E-state index contributed by atoms with van der Waals surface area (Å²) in [6, 6.07) is 9.29. The highest BCUT2D eigenvalue weighted by Gasteiger charge is 2.14. The van der Waals surface area contributed by atoms with Crippen LogP contribution < -0.4 is 5.32 Å². The number of hydrogen-bond donors (Lipinski definition) is 3. The Balaban J connectivity index is 2.30. The van der Waals surface area contributed by atoms with E-state index in [1.54, 1.807) is 12.1 Å². The van der Waals surface area contributed by atoms with Crippen molar-refractivity contribution in [3.63, 3.8) is 0 Å². The predicted octanol–water partition coefficient (Wildman–Crippen LogP) is 3.26. The molecule has 21 heavy (non-hydrogen) atoms. The summed E-state index contributed by atoms with van der Waals surface area (Å²) in [5.41, 5.74) is 1.56. The summed E-state index contributed by atoms with van der Waals surface area (Å²) in [7, 11) is 0. The number of carbonyl (C=O) groups excluding carboxylic acids is 1. The number of hydrogen-bond acceptors (Lipinski definition) is 3. The Labute approximate surface area is 134 Å². The Morgan fingerprint density at radius 2 is 1.86 bits per heavy atom. The van der Waals surface area contributed by atoms with E-state index in [0.29, 0.717) is 11.3 Å². The molecular formula is C15H12INO4. The quantitative estimate of drug-likeness (QED) is 0.548. The van der Waals surface area contributed by atoms with Gasteiger partial charge in [0.25, 0.3) is 5.91 Å². The van der Waals surface area contributed by atoms with E-state index < -0.39 is 5.97 Å². The van der Waals surface area contributed by atoms with Gasteiger partial charge >= 0.3 is 5.97 Å². The van der Waals surface area contributed by atoms with Crippen LogP contribution >= 0.6 is 22.6 Å². The molecule has 0 aliphatic heterocycles. The average molecular weight is 397 g/mol. The highest BCUT2D eigenvalue weighted by molar-refractivity contribution is 14.1. The number of anilines is 1. The van der Waals surface area contributed by atoms with Crippen LogP contribution in [0.25, 0.3) is 0 Å². The molecule has 3 N–H and O–H groups in total. The van der Waals surface area contributed by atoms with Gasteiger partial charge in [-0.1, -0.05) is 12.1 Å². The summed E-state index contributed by atoms with van der Waals surface area (Å²) in [6.45, 7) is 1.90. The van der Waals surface area contributed by atoms with Crippen molar-refractivity contribution in [1.29, 1.82) is 0 Å². The minimum atomic E-state index is -1.26. The molecule has 0 spiro atoms. The molecule has 0 heterocycles. The fourth-order valence-electron chi connectivity index (χ4n) is 1.81. The van der Waals surface area contributed by atoms with Gasteiger partial charge in [0.15, 0.2) is 0 Å². The number of carboxylic acid groups (broad SMARTS) is 1. The Hall–Kier alpha value is -2.09. The van der Waals surface area contributed by atoms with Gasteiger partial charge in [-0.25, -0.2) is 4.79 Å². The maximum Gasteiger partial charge on any atom is 0.339 e. The topological polar surface area (TPSA) is 86.6 Å². The summed E-state index contributed by atoms with van der Waals surface area (Å²) in [5.74, 6) is -1.93. The lowest BCUT2D eigenvalue weighted by molar-refractivity contribution is 0.0693. The second kappa shape index (κ2) is 6.13. The van der Waals surface area contributed by atoms with E-state index in [0.717, 1.165) is 9.13 Å². The number of carbonyl (C=O) groups is 2. The molecule has 0 saturated heterocycles. The zero-order valence-corrected chi connectivity index (χ0v) is 13.2. The standard InChI is InChI=1S/C15H12INO4/c1-8-3-2-4-10(13(8)16)14(19)17-9-5-6-12(18)11(7-9)15(20)21/h2-7,18H,1H3,(H,17,19)(H,20,21). The minimum absolute atomic E-state index is 0.258. The summed E-state index contributed by atoms with van der Waals surface area (Å²) in [6.07, 6.45) is 0. The third kappa shape index (κ3) is 3.33. The molecule has 0 atom stereocenters. The minimum Gasteiger partial charge on any atom is -0.507 e. The normalized spacial score (nSPS) is 10.2. The number of halogens is 1. The highest BCUT2D eigenvalue weighted by Crippen LogP contribution is 2.23. The SMILES string of the molecule is Cc1cccc(C(=O)Nc2ccc(O)c(C(=O)O)c2)c1I. The van der Waals surface area contributed by atoms with Gasteiger partial charge in [-0.2, -0.15) is 0 Å². The first-order valence-electron chi connectivity index (χ1n) is 6.03. The summed E-state index contributed by atoms with van der Waals surface area (Å²) in [5, 5.41) is 21.0. The number of aromatic hydroxyl groups is 1. The van der Waals surface area contributed by atoms with Crippen molar-refractivity contribution >= 4 is 40.2 Å². The molecule has 5 nitrogen and oxygen atoms in total. The summed E-state index contributed by atoms with van der Waals surface area (Å²) < 4.78 is 0.838. The first-order valence-corrected chi connectivity index (χ1v) is 7.11. The third-order valence-corrected chi connectivity index (χ3v) is 4.35. The fourth-order valence-corrected chi connectivity index (χ4v) is 2.41. The Bertz CT molecular complexity index is 728. The lowest BCUT2D eigenvalue weighted by Crippen LogP contribution is -2.14. The van der Waals surface area contributed by atoms with E-state index in [1.807, 2.05) is 13.0 Å². The van der Waals surface area contributed by atoms with Crippen molar-refractivity contribution in [1.82, 2.24) is 0 Å². The number of phenols is 1. The van der Waals surface area contributed by atoms with Crippen LogP contribution in [-0.2, 0) is 0 Å². The lowest BCUT2D eigenvalue weighted by Gasteiger charge is -2.09. The number of benzene rings is 2. The van der Waals surface area contributed by atoms with Gasteiger partial charge in [-0.05, 0) is 59.3 Å². The molecule has 0 aromatic heterocycles. The van der Waals surface area contributed by atoms with Gasteiger partial charge in [0.2, 0.25) is 0 Å². The van der Waals surface area contributed by atoms with Crippen LogP contribution in [0.1, 0.15) is 26.3 Å². The average Bonchev–Trinajstić information content (AvgIpc) is 2.43. The molecular weight excluding hydrogens is 385 g/mol. The lowest BCUT2D eigenvalue weighted by atomic mass is 10.1. The van der Waals surface area contributed by atoms with E-state index in [-0.39, 0.29) is 17.2 Å². The number of aromatic carboxylic acids is 1. The number of rotatable bonds is 3. The molecule has 108 valence electrons. The van der Waals surface area contributed by atoms with Crippen LogP contribution in [-0.4, -0.2) is 22.1 Å². The van der Waals surface area contributed by atoms with Crippen molar-refractivity contribution < 1.29 is 19.8 Å². The molecule has 2 rings (SSSR count). The number of carboxylic acids is 1. The molecule has 1 amide bonds. The van der Waals surface area contributed by atoms with E-state index in [2.05, 4.69) is 27.9 Å². The van der Waals surface area contributed by atoms with Gasteiger partial charge in [0.05, 0.1) is 5.56 Å². The number of aryl methyl sites for hydroxylation is 1. The monoisotopic (exact) mass is 397 g/mol. The molecule has 2 aromatic carbocycles. The molecule has 0 fully saturated rings. The Kier molecular flexibility index (Phi) is 4.46. The number of nitrogens with one attached hydrogen (secondary N) is 1. The van der Waals surface area contributed by atoms with E-state index in [4.69, 9.17) is 5.11 Å². The zero-order valence-electron chi connectivity index (χ0n) is 11.1. The number of amides is 1. The molecule has 0 aliphatic carbocycles. The first kappa shape index (κ1) is 15.3. The van der Waals surface area contributed by atoms with Crippen LogP contribution in [0, 0.1) is 10.5 Å². The molecule has 0 radical (unpaired) electrons.